The lowest BCUT2D eigenvalue weighted by molar-refractivity contribution is 0.0342. The number of carbonyl (C=O) groups is 1. The number of aromatic nitrogens is 1. The molecule has 2 saturated heterocycles. The number of carbonyl (C=O) groups excluding carboxylic acids is 1. The average molecular weight is 380 g/mol. The Bertz CT molecular complexity index is 781. The van der Waals surface area contributed by atoms with Gasteiger partial charge < -0.3 is 15.0 Å². The summed E-state index contributed by atoms with van der Waals surface area (Å²) in [6, 6.07) is 9.79. The second-order valence-electron chi connectivity index (χ2n) is 7.48. The zero-order valence-electron chi connectivity index (χ0n) is 16.3. The van der Waals surface area contributed by atoms with Crippen LogP contribution < -0.4 is 10.2 Å². The van der Waals surface area contributed by atoms with Gasteiger partial charge in [-0.15, -0.1) is 0 Å². The van der Waals surface area contributed by atoms with Gasteiger partial charge in [0.15, 0.2) is 0 Å². The van der Waals surface area contributed by atoms with Gasteiger partial charge in [0.2, 0.25) is 0 Å². The molecule has 2 fully saturated rings. The quantitative estimate of drug-likeness (QED) is 0.864. The van der Waals surface area contributed by atoms with E-state index in [2.05, 4.69) is 20.1 Å². The van der Waals surface area contributed by atoms with Crippen LogP contribution in [-0.4, -0.2) is 55.2 Å². The standard InChI is InChI=1S/C22H28N4O2/c27-22(19-6-4-18(5-7-19)17-25-12-14-28-15-13-25)24-20-8-9-23-16-21(20)26-10-2-1-3-11-26/h4-9,16H,1-3,10-15,17H2,(H,23,24,27). The molecule has 1 N–H and O–H groups in total. The van der Waals surface area contributed by atoms with Crippen LogP contribution in [0, 0.1) is 0 Å². The lowest BCUT2D eigenvalue weighted by atomic mass is 10.1. The van der Waals surface area contributed by atoms with E-state index < -0.39 is 0 Å². The second kappa shape index (κ2) is 9.17. The highest BCUT2D eigenvalue weighted by atomic mass is 16.5. The van der Waals surface area contributed by atoms with Gasteiger partial charge in [0.05, 0.1) is 30.8 Å². The maximum absolute atomic E-state index is 12.8. The SMILES string of the molecule is O=C(Nc1ccncc1N1CCCCC1)c1ccc(CN2CCOCC2)cc1. The van der Waals surface area contributed by atoms with E-state index in [0.29, 0.717) is 5.56 Å². The summed E-state index contributed by atoms with van der Waals surface area (Å²) < 4.78 is 5.40. The largest absolute Gasteiger partial charge is 0.379 e. The third-order valence-electron chi connectivity index (χ3n) is 5.47. The summed E-state index contributed by atoms with van der Waals surface area (Å²) >= 11 is 0. The summed E-state index contributed by atoms with van der Waals surface area (Å²) in [6.07, 6.45) is 7.23. The highest BCUT2D eigenvalue weighted by Crippen LogP contribution is 2.27. The molecule has 6 nitrogen and oxygen atoms in total. The van der Waals surface area contributed by atoms with Crippen LogP contribution in [-0.2, 0) is 11.3 Å². The fourth-order valence-corrected chi connectivity index (χ4v) is 3.85. The van der Waals surface area contributed by atoms with E-state index in [4.69, 9.17) is 4.74 Å². The first-order valence-corrected chi connectivity index (χ1v) is 10.2. The third-order valence-corrected chi connectivity index (χ3v) is 5.47. The highest BCUT2D eigenvalue weighted by molar-refractivity contribution is 6.05. The van der Waals surface area contributed by atoms with Crippen molar-refractivity contribution in [2.75, 3.05) is 49.6 Å². The molecule has 28 heavy (non-hydrogen) atoms. The van der Waals surface area contributed by atoms with Crippen molar-refractivity contribution >= 4 is 17.3 Å². The van der Waals surface area contributed by atoms with Crippen molar-refractivity contribution in [3.05, 3.63) is 53.9 Å². The molecule has 2 aliphatic heterocycles. The predicted octanol–water partition coefficient (Wildman–Crippen LogP) is 3.16. The van der Waals surface area contributed by atoms with E-state index in [1.54, 1.807) is 6.20 Å². The minimum absolute atomic E-state index is 0.0811. The topological polar surface area (TPSA) is 57.7 Å². The molecule has 0 radical (unpaired) electrons. The van der Waals surface area contributed by atoms with E-state index in [9.17, 15) is 4.79 Å². The zero-order chi connectivity index (χ0) is 19.2. The number of nitrogens with one attached hydrogen (secondary N) is 1. The van der Waals surface area contributed by atoms with Crippen molar-refractivity contribution in [2.24, 2.45) is 0 Å². The number of pyridine rings is 1. The molecule has 0 unspecified atom stereocenters. The molecular formula is C22H28N4O2. The molecule has 2 aromatic rings. The number of piperidine rings is 1. The molecule has 4 rings (SSSR count). The first-order chi connectivity index (χ1) is 13.8. The number of rotatable bonds is 5. The summed E-state index contributed by atoms with van der Waals surface area (Å²) in [5.41, 5.74) is 3.74. The maximum Gasteiger partial charge on any atom is 0.255 e. The number of amides is 1. The van der Waals surface area contributed by atoms with Crippen molar-refractivity contribution < 1.29 is 9.53 Å². The number of hydrogen-bond acceptors (Lipinski definition) is 5. The lowest BCUT2D eigenvalue weighted by Crippen LogP contribution is -2.35. The number of anilines is 2. The van der Waals surface area contributed by atoms with E-state index in [1.165, 1.54) is 24.8 Å². The number of morpholine rings is 1. The average Bonchev–Trinajstić information content (AvgIpc) is 2.76. The molecule has 0 aliphatic carbocycles. The molecule has 1 aromatic heterocycles. The first-order valence-electron chi connectivity index (χ1n) is 10.2. The van der Waals surface area contributed by atoms with Crippen LogP contribution >= 0.6 is 0 Å². The van der Waals surface area contributed by atoms with Crippen molar-refractivity contribution in [1.29, 1.82) is 0 Å². The van der Waals surface area contributed by atoms with Gasteiger partial charge in [0.25, 0.3) is 5.91 Å². The molecule has 0 bridgehead atoms. The van der Waals surface area contributed by atoms with Crippen LogP contribution in [0.5, 0.6) is 0 Å². The summed E-state index contributed by atoms with van der Waals surface area (Å²) in [5, 5.41) is 3.08. The highest BCUT2D eigenvalue weighted by Gasteiger charge is 2.17. The minimum atomic E-state index is -0.0811. The van der Waals surface area contributed by atoms with Gasteiger partial charge in [0.1, 0.15) is 0 Å². The molecule has 6 heteroatoms. The predicted molar refractivity (Wildman–Crippen MR) is 111 cm³/mol. The molecule has 0 saturated carbocycles. The van der Waals surface area contributed by atoms with Gasteiger partial charge in [0, 0.05) is 44.5 Å². The summed E-state index contributed by atoms with van der Waals surface area (Å²) in [5.74, 6) is -0.0811. The monoisotopic (exact) mass is 380 g/mol. The Kier molecular flexibility index (Phi) is 6.19. The Morgan fingerprint density at radius 3 is 2.50 bits per heavy atom. The van der Waals surface area contributed by atoms with Crippen LogP contribution in [0.2, 0.25) is 0 Å². The van der Waals surface area contributed by atoms with Crippen molar-refractivity contribution in [3.8, 4) is 0 Å². The fraction of sp³-hybridized carbons (Fsp3) is 0.455. The van der Waals surface area contributed by atoms with Crippen LogP contribution in [0.1, 0.15) is 35.2 Å². The summed E-state index contributed by atoms with van der Waals surface area (Å²) in [4.78, 5) is 21.7. The van der Waals surface area contributed by atoms with Gasteiger partial charge >= 0.3 is 0 Å². The minimum Gasteiger partial charge on any atom is -0.379 e. The molecule has 0 spiro atoms. The van der Waals surface area contributed by atoms with E-state index >= 15 is 0 Å². The van der Waals surface area contributed by atoms with Gasteiger partial charge in [-0.25, -0.2) is 0 Å². The van der Waals surface area contributed by atoms with E-state index in [1.807, 2.05) is 36.5 Å². The number of hydrogen-bond donors (Lipinski definition) is 1. The van der Waals surface area contributed by atoms with Crippen molar-refractivity contribution in [2.45, 2.75) is 25.8 Å². The third kappa shape index (κ3) is 4.69. The molecule has 2 aliphatic rings. The molecule has 148 valence electrons. The van der Waals surface area contributed by atoms with Crippen molar-refractivity contribution in [3.63, 3.8) is 0 Å². The lowest BCUT2D eigenvalue weighted by Gasteiger charge is -2.30. The smallest absolute Gasteiger partial charge is 0.255 e. The Labute approximate surface area is 166 Å². The van der Waals surface area contributed by atoms with Crippen LogP contribution in [0.4, 0.5) is 11.4 Å². The molecule has 3 heterocycles. The van der Waals surface area contributed by atoms with Gasteiger partial charge in [-0.05, 0) is 43.0 Å². The summed E-state index contributed by atoms with van der Waals surface area (Å²) in [7, 11) is 0. The Balaban J connectivity index is 1.41. The molecule has 1 amide bonds. The van der Waals surface area contributed by atoms with E-state index in [0.717, 1.165) is 57.3 Å². The normalized spacial score (nSPS) is 18.1. The Morgan fingerprint density at radius 2 is 1.75 bits per heavy atom. The molecule has 1 aromatic carbocycles. The van der Waals surface area contributed by atoms with Gasteiger partial charge in [-0.3, -0.25) is 14.7 Å². The Morgan fingerprint density at radius 1 is 1.00 bits per heavy atom. The van der Waals surface area contributed by atoms with Gasteiger partial charge in [-0.1, -0.05) is 12.1 Å². The molecule has 0 atom stereocenters. The number of benzene rings is 1. The zero-order valence-corrected chi connectivity index (χ0v) is 16.3. The first kappa shape index (κ1) is 18.9. The van der Waals surface area contributed by atoms with Crippen LogP contribution in [0.25, 0.3) is 0 Å². The van der Waals surface area contributed by atoms with Gasteiger partial charge in [-0.2, -0.15) is 0 Å². The second-order valence-corrected chi connectivity index (χ2v) is 7.48. The van der Waals surface area contributed by atoms with Crippen molar-refractivity contribution in [1.82, 2.24) is 9.88 Å². The van der Waals surface area contributed by atoms with E-state index in [-0.39, 0.29) is 5.91 Å². The number of nitrogens with zero attached hydrogens (tertiary/aromatic N) is 3. The fourth-order valence-electron chi connectivity index (χ4n) is 3.85. The maximum atomic E-state index is 12.8. The van der Waals surface area contributed by atoms with Crippen LogP contribution in [0.15, 0.2) is 42.7 Å². The number of ether oxygens (including phenoxy) is 1. The molecular weight excluding hydrogens is 352 g/mol. The Hall–Kier alpha value is -2.44. The summed E-state index contributed by atoms with van der Waals surface area (Å²) in [6.45, 7) is 6.45. The van der Waals surface area contributed by atoms with Crippen LogP contribution in [0.3, 0.4) is 0 Å².